The van der Waals surface area contributed by atoms with E-state index < -0.39 is 0 Å². The van der Waals surface area contributed by atoms with E-state index in [1.54, 1.807) is 25.3 Å². The van der Waals surface area contributed by atoms with Gasteiger partial charge in [0.25, 0.3) is 0 Å². The molecular weight excluding hydrogens is 326 g/mol. The highest BCUT2D eigenvalue weighted by Gasteiger charge is 2.30. The van der Waals surface area contributed by atoms with E-state index in [0.29, 0.717) is 23.0 Å². The zero-order chi connectivity index (χ0) is 17.1. The Morgan fingerprint density at radius 2 is 2.21 bits per heavy atom. The molecule has 0 radical (unpaired) electrons. The van der Waals surface area contributed by atoms with Crippen LogP contribution in [0.2, 0.25) is 5.02 Å². The van der Waals surface area contributed by atoms with Crippen LogP contribution in [0.3, 0.4) is 0 Å². The highest BCUT2D eigenvalue weighted by atomic mass is 35.5. The van der Waals surface area contributed by atoms with E-state index in [1.165, 1.54) is 5.69 Å². The second-order valence-electron chi connectivity index (χ2n) is 5.90. The fourth-order valence-electron chi connectivity index (χ4n) is 3.25. The van der Waals surface area contributed by atoms with E-state index in [-0.39, 0.29) is 12.1 Å². The first-order valence-electron chi connectivity index (χ1n) is 8.20. The van der Waals surface area contributed by atoms with Crippen LogP contribution in [-0.2, 0) is 6.54 Å². The van der Waals surface area contributed by atoms with Crippen LogP contribution >= 0.6 is 11.6 Å². The average Bonchev–Trinajstić information content (AvgIpc) is 3.04. The molecule has 2 amide bonds. The number of fused-ring (bicyclic) bond motifs is 1. The summed E-state index contributed by atoms with van der Waals surface area (Å²) in [6, 6.07) is 9.30. The standard InChI is InChI=1S/C18H22ClN3O2/c1-3-5-16-15-6-4-9-21(15)10-11-22(16)18(23)20-14-12-13(19)7-8-17(14)24-2/h4,6-9,12,16H,3,5,10-11H2,1-2H3,(H,20,23)/t16-/m0/s1. The minimum absolute atomic E-state index is 0.0870. The van der Waals surface area contributed by atoms with E-state index >= 15 is 0 Å². The lowest BCUT2D eigenvalue weighted by molar-refractivity contribution is 0.163. The first kappa shape index (κ1) is 16.7. The van der Waals surface area contributed by atoms with Crippen molar-refractivity contribution in [2.24, 2.45) is 0 Å². The summed E-state index contributed by atoms with van der Waals surface area (Å²) >= 11 is 6.05. The predicted molar refractivity (Wildman–Crippen MR) is 95.8 cm³/mol. The van der Waals surface area contributed by atoms with Gasteiger partial charge >= 0.3 is 6.03 Å². The van der Waals surface area contributed by atoms with Gasteiger partial charge in [0.1, 0.15) is 5.75 Å². The quantitative estimate of drug-likeness (QED) is 0.882. The van der Waals surface area contributed by atoms with Crippen molar-refractivity contribution in [2.45, 2.75) is 32.4 Å². The number of halogens is 1. The van der Waals surface area contributed by atoms with Crippen molar-refractivity contribution in [2.75, 3.05) is 19.0 Å². The topological polar surface area (TPSA) is 46.5 Å². The van der Waals surface area contributed by atoms with E-state index in [2.05, 4.69) is 29.1 Å². The third-order valence-corrected chi connectivity index (χ3v) is 4.63. The number of nitrogens with zero attached hydrogens (tertiary/aromatic N) is 2. The molecule has 0 fully saturated rings. The molecule has 0 aliphatic carbocycles. The van der Waals surface area contributed by atoms with E-state index in [0.717, 1.165) is 19.4 Å². The summed E-state index contributed by atoms with van der Waals surface area (Å²) in [4.78, 5) is 14.8. The molecule has 1 aromatic heterocycles. The molecule has 5 nitrogen and oxygen atoms in total. The van der Waals surface area contributed by atoms with E-state index in [9.17, 15) is 4.79 Å². The lowest BCUT2D eigenvalue weighted by atomic mass is 10.0. The van der Waals surface area contributed by atoms with Crippen LogP contribution in [0.25, 0.3) is 0 Å². The molecule has 0 unspecified atom stereocenters. The Labute approximate surface area is 147 Å². The molecule has 2 heterocycles. The molecule has 3 rings (SSSR count). The van der Waals surface area contributed by atoms with Gasteiger partial charge in [0, 0.05) is 30.0 Å². The average molecular weight is 348 g/mol. The number of carbonyl (C=O) groups excluding carboxylic acids is 1. The van der Waals surface area contributed by atoms with Gasteiger partial charge < -0.3 is 19.5 Å². The number of ether oxygens (including phenoxy) is 1. The van der Waals surface area contributed by atoms with Gasteiger partial charge in [-0.05, 0) is 36.8 Å². The number of urea groups is 1. The van der Waals surface area contributed by atoms with Crippen molar-refractivity contribution in [3.05, 3.63) is 47.2 Å². The van der Waals surface area contributed by atoms with Crippen LogP contribution in [0.4, 0.5) is 10.5 Å². The van der Waals surface area contributed by atoms with Gasteiger partial charge in [-0.15, -0.1) is 0 Å². The van der Waals surface area contributed by atoms with Gasteiger partial charge in [0.2, 0.25) is 0 Å². The number of rotatable bonds is 4. The van der Waals surface area contributed by atoms with Gasteiger partial charge in [-0.25, -0.2) is 4.79 Å². The third-order valence-electron chi connectivity index (χ3n) is 4.39. The first-order chi connectivity index (χ1) is 11.6. The minimum atomic E-state index is -0.124. The molecule has 0 saturated heterocycles. The van der Waals surface area contributed by atoms with Crippen molar-refractivity contribution < 1.29 is 9.53 Å². The van der Waals surface area contributed by atoms with E-state index in [1.807, 2.05) is 11.0 Å². The van der Waals surface area contributed by atoms with Gasteiger partial charge in [0.05, 0.1) is 18.8 Å². The van der Waals surface area contributed by atoms with Crippen LogP contribution in [0, 0.1) is 0 Å². The summed E-state index contributed by atoms with van der Waals surface area (Å²) in [7, 11) is 1.58. The van der Waals surface area contributed by atoms with Crippen molar-refractivity contribution in [3.8, 4) is 5.75 Å². The summed E-state index contributed by atoms with van der Waals surface area (Å²) in [5.74, 6) is 0.597. The van der Waals surface area contributed by atoms with Crippen molar-refractivity contribution in [1.29, 1.82) is 0 Å². The Balaban J connectivity index is 1.83. The second-order valence-corrected chi connectivity index (χ2v) is 6.34. The molecule has 0 bridgehead atoms. The number of anilines is 1. The zero-order valence-corrected chi connectivity index (χ0v) is 14.7. The van der Waals surface area contributed by atoms with Crippen LogP contribution in [-0.4, -0.2) is 29.2 Å². The Hall–Kier alpha value is -2.14. The summed E-state index contributed by atoms with van der Waals surface area (Å²) in [5, 5.41) is 3.51. The normalized spacial score (nSPS) is 16.6. The van der Waals surface area contributed by atoms with Gasteiger partial charge in [0.15, 0.2) is 0 Å². The molecule has 6 heteroatoms. The number of hydrogen-bond acceptors (Lipinski definition) is 2. The Kier molecular flexibility index (Phi) is 5.00. The summed E-state index contributed by atoms with van der Waals surface area (Å²) in [6.45, 7) is 3.63. The van der Waals surface area contributed by atoms with Crippen molar-refractivity contribution in [1.82, 2.24) is 9.47 Å². The summed E-state index contributed by atoms with van der Waals surface area (Å²) in [5.41, 5.74) is 1.78. The van der Waals surface area contributed by atoms with Crippen LogP contribution in [0.5, 0.6) is 5.75 Å². The molecule has 1 atom stereocenters. The van der Waals surface area contributed by atoms with Crippen LogP contribution in [0.15, 0.2) is 36.5 Å². The fraction of sp³-hybridized carbons (Fsp3) is 0.389. The maximum atomic E-state index is 12.9. The molecule has 24 heavy (non-hydrogen) atoms. The highest BCUT2D eigenvalue weighted by molar-refractivity contribution is 6.31. The van der Waals surface area contributed by atoms with Gasteiger partial charge in [-0.1, -0.05) is 24.9 Å². The lowest BCUT2D eigenvalue weighted by Crippen LogP contribution is -2.44. The first-order valence-corrected chi connectivity index (χ1v) is 8.58. The zero-order valence-electron chi connectivity index (χ0n) is 14.0. The molecule has 1 aromatic carbocycles. The predicted octanol–water partition coefficient (Wildman–Crippen LogP) is 4.54. The van der Waals surface area contributed by atoms with Gasteiger partial charge in [-0.2, -0.15) is 0 Å². The number of methoxy groups -OCH3 is 1. The molecule has 1 aliphatic heterocycles. The van der Waals surface area contributed by atoms with Crippen molar-refractivity contribution in [3.63, 3.8) is 0 Å². The number of aromatic nitrogens is 1. The number of hydrogen-bond donors (Lipinski definition) is 1. The Bertz CT molecular complexity index is 729. The van der Waals surface area contributed by atoms with Crippen LogP contribution in [0.1, 0.15) is 31.5 Å². The fourth-order valence-corrected chi connectivity index (χ4v) is 3.42. The Morgan fingerprint density at radius 3 is 2.96 bits per heavy atom. The third kappa shape index (κ3) is 3.22. The lowest BCUT2D eigenvalue weighted by Gasteiger charge is -2.37. The molecule has 2 aromatic rings. The largest absolute Gasteiger partial charge is 0.495 e. The maximum Gasteiger partial charge on any atom is 0.322 e. The minimum Gasteiger partial charge on any atom is -0.495 e. The number of benzene rings is 1. The molecule has 0 spiro atoms. The molecule has 128 valence electrons. The molecular formula is C18H22ClN3O2. The second kappa shape index (κ2) is 7.18. The molecule has 0 saturated carbocycles. The monoisotopic (exact) mass is 347 g/mol. The molecule has 1 aliphatic rings. The summed E-state index contributed by atoms with van der Waals surface area (Å²) < 4.78 is 7.54. The molecule has 1 N–H and O–H groups in total. The van der Waals surface area contributed by atoms with Crippen molar-refractivity contribution >= 4 is 23.3 Å². The van der Waals surface area contributed by atoms with E-state index in [4.69, 9.17) is 16.3 Å². The summed E-state index contributed by atoms with van der Waals surface area (Å²) in [6.07, 6.45) is 4.03. The van der Waals surface area contributed by atoms with Crippen LogP contribution < -0.4 is 10.1 Å². The number of carbonyl (C=O) groups is 1. The highest BCUT2D eigenvalue weighted by Crippen LogP contribution is 2.32. The Morgan fingerprint density at radius 1 is 1.38 bits per heavy atom. The smallest absolute Gasteiger partial charge is 0.322 e. The number of amides is 2. The number of nitrogens with one attached hydrogen (secondary N) is 1. The SMILES string of the molecule is CCC[C@H]1c2cccn2CCN1C(=O)Nc1cc(Cl)ccc1OC. The maximum absolute atomic E-state index is 12.9. The van der Waals surface area contributed by atoms with Gasteiger partial charge in [-0.3, -0.25) is 0 Å².